The number of carbonyl (C=O) groups is 1. The molecular formula is C27H48O. The van der Waals surface area contributed by atoms with Gasteiger partial charge in [-0.25, -0.2) is 0 Å². The van der Waals surface area contributed by atoms with Gasteiger partial charge < -0.3 is 0 Å². The Morgan fingerprint density at radius 2 is 1.86 bits per heavy atom. The first-order chi connectivity index (χ1) is 13.2. The molecule has 0 aromatic carbocycles. The Bertz CT molecular complexity index is 559. The number of hydrogen-bond donors (Lipinski definition) is 0. The third kappa shape index (κ3) is 4.44. The summed E-state index contributed by atoms with van der Waals surface area (Å²) in [4.78, 5) is 12.2. The molecule has 28 heavy (non-hydrogen) atoms. The van der Waals surface area contributed by atoms with Gasteiger partial charge in [-0.05, 0) is 78.6 Å². The van der Waals surface area contributed by atoms with Gasteiger partial charge in [0.1, 0.15) is 0 Å². The van der Waals surface area contributed by atoms with Crippen LogP contribution in [-0.4, -0.2) is 5.78 Å². The van der Waals surface area contributed by atoms with Crippen LogP contribution in [0.3, 0.4) is 0 Å². The predicted octanol–water partition coefficient (Wildman–Crippen LogP) is 8.23. The lowest BCUT2D eigenvalue weighted by molar-refractivity contribution is -0.118. The van der Waals surface area contributed by atoms with Crippen molar-refractivity contribution in [3.63, 3.8) is 0 Å². The van der Waals surface area contributed by atoms with Crippen molar-refractivity contribution in [3.05, 3.63) is 11.6 Å². The third-order valence-electron chi connectivity index (χ3n) is 9.14. The molecule has 6 atom stereocenters. The van der Waals surface area contributed by atoms with Gasteiger partial charge in [-0.1, -0.05) is 80.2 Å². The molecule has 0 spiro atoms. The average molecular weight is 389 g/mol. The van der Waals surface area contributed by atoms with Crippen LogP contribution in [0.1, 0.15) is 113 Å². The Morgan fingerprint density at radius 1 is 1.18 bits per heavy atom. The van der Waals surface area contributed by atoms with Crippen molar-refractivity contribution >= 4 is 5.78 Å². The second-order valence-electron chi connectivity index (χ2n) is 10.9. The highest BCUT2D eigenvalue weighted by molar-refractivity contribution is 5.91. The fourth-order valence-electron chi connectivity index (χ4n) is 6.89. The van der Waals surface area contributed by atoms with E-state index in [1.54, 1.807) is 0 Å². The summed E-state index contributed by atoms with van der Waals surface area (Å²) in [5, 5.41) is 0. The molecule has 3 aliphatic carbocycles. The van der Waals surface area contributed by atoms with Crippen LogP contribution in [0.5, 0.6) is 0 Å². The lowest BCUT2D eigenvalue weighted by Crippen LogP contribution is -2.53. The van der Waals surface area contributed by atoms with Crippen LogP contribution in [0, 0.1) is 40.4 Å². The molecule has 0 radical (unpaired) electrons. The second kappa shape index (κ2) is 9.48. The van der Waals surface area contributed by atoms with Gasteiger partial charge in [0.2, 0.25) is 0 Å². The summed E-state index contributed by atoms with van der Waals surface area (Å²) >= 11 is 0. The summed E-state index contributed by atoms with van der Waals surface area (Å²) in [6, 6.07) is 0. The summed E-state index contributed by atoms with van der Waals surface area (Å²) in [5.74, 6) is 4.46. The van der Waals surface area contributed by atoms with E-state index in [0.717, 1.165) is 42.4 Å². The van der Waals surface area contributed by atoms with Crippen LogP contribution in [0.15, 0.2) is 11.6 Å². The second-order valence-corrected chi connectivity index (χ2v) is 10.9. The van der Waals surface area contributed by atoms with E-state index in [9.17, 15) is 4.79 Å². The van der Waals surface area contributed by atoms with Gasteiger partial charge in [0.05, 0.1) is 0 Å². The molecule has 3 rings (SSSR count). The predicted molar refractivity (Wildman–Crippen MR) is 122 cm³/mol. The van der Waals surface area contributed by atoms with Gasteiger partial charge in [-0.3, -0.25) is 4.79 Å². The maximum atomic E-state index is 12.2. The summed E-state index contributed by atoms with van der Waals surface area (Å²) in [6.07, 6.45) is 13.3. The van der Waals surface area contributed by atoms with Gasteiger partial charge in [-0.15, -0.1) is 0 Å². The molecule has 1 nitrogen and oxygen atoms in total. The Hall–Kier alpha value is -0.590. The van der Waals surface area contributed by atoms with Crippen LogP contribution in [0.4, 0.5) is 0 Å². The smallest absolute Gasteiger partial charge is 0.155 e. The Balaban J connectivity index is 0.00000136. The van der Waals surface area contributed by atoms with E-state index in [2.05, 4.69) is 47.6 Å². The highest BCUT2D eigenvalue weighted by atomic mass is 16.1. The van der Waals surface area contributed by atoms with E-state index >= 15 is 0 Å². The monoisotopic (exact) mass is 388 g/mol. The number of hydrogen-bond acceptors (Lipinski definition) is 1. The number of carbonyl (C=O) groups excluding carboxylic acids is 1. The van der Waals surface area contributed by atoms with Crippen LogP contribution in [0.2, 0.25) is 0 Å². The lowest BCUT2D eigenvalue weighted by atomic mass is 9.44. The van der Waals surface area contributed by atoms with Gasteiger partial charge in [0, 0.05) is 6.42 Å². The Kier molecular flexibility index (Phi) is 8.02. The summed E-state index contributed by atoms with van der Waals surface area (Å²) in [7, 11) is 0. The highest BCUT2D eigenvalue weighted by Gasteiger charge is 2.56. The van der Waals surface area contributed by atoms with E-state index in [0.29, 0.717) is 16.6 Å². The number of ketones is 1. The van der Waals surface area contributed by atoms with Crippen molar-refractivity contribution in [1.29, 1.82) is 0 Å². The lowest BCUT2D eigenvalue weighted by Gasteiger charge is -2.60. The average Bonchev–Trinajstić information content (AvgIpc) is 2.67. The summed E-state index contributed by atoms with van der Waals surface area (Å²) in [6.45, 7) is 18.7. The van der Waals surface area contributed by atoms with Crippen molar-refractivity contribution in [2.24, 2.45) is 40.4 Å². The first kappa shape index (κ1) is 23.7. The number of fused-ring (bicyclic) bond motifs is 3. The van der Waals surface area contributed by atoms with Crippen LogP contribution < -0.4 is 0 Å². The minimum atomic E-state index is 0.302. The molecule has 0 N–H and O–H groups in total. The number of allylic oxidation sites excluding steroid dienone is 2. The molecule has 2 saturated carbocycles. The largest absolute Gasteiger partial charge is 0.295 e. The molecule has 2 fully saturated rings. The van der Waals surface area contributed by atoms with Crippen molar-refractivity contribution in [2.45, 2.75) is 113 Å². The zero-order chi connectivity index (χ0) is 21.1. The number of rotatable bonds is 5. The van der Waals surface area contributed by atoms with Crippen molar-refractivity contribution in [3.8, 4) is 0 Å². The summed E-state index contributed by atoms with van der Waals surface area (Å²) < 4.78 is 0. The molecule has 0 aromatic rings. The maximum absolute atomic E-state index is 12.2. The van der Waals surface area contributed by atoms with Crippen LogP contribution in [0.25, 0.3) is 0 Å². The molecule has 0 aromatic heterocycles. The van der Waals surface area contributed by atoms with Crippen molar-refractivity contribution in [2.75, 3.05) is 0 Å². The van der Waals surface area contributed by atoms with Crippen LogP contribution >= 0.6 is 0 Å². The zero-order valence-electron chi connectivity index (χ0n) is 20.2. The molecule has 162 valence electrons. The van der Waals surface area contributed by atoms with Gasteiger partial charge in [0.25, 0.3) is 0 Å². The molecule has 3 aliphatic rings. The third-order valence-corrected chi connectivity index (χ3v) is 9.14. The quantitative estimate of drug-likeness (QED) is 0.463. The van der Waals surface area contributed by atoms with E-state index in [4.69, 9.17) is 0 Å². The first-order valence-corrected chi connectivity index (χ1v) is 12.4. The molecule has 0 saturated heterocycles. The van der Waals surface area contributed by atoms with E-state index in [-0.39, 0.29) is 0 Å². The fourth-order valence-corrected chi connectivity index (χ4v) is 6.89. The van der Waals surface area contributed by atoms with E-state index in [1.807, 2.05) is 13.8 Å². The molecule has 0 amide bonds. The SMILES string of the molecule is CC.CC[C@@]1(C)CCC2[C@@H](C(CCCC(C)C)CC3=CC(=O)CC[C@@]32C)C1C. The van der Waals surface area contributed by atoms with Crippen LogP contribution in [-0.2, 0) is 4.79 Å². The normalized spacial score (nSPS) is 40.2. The maximum Gasteiger partial charge on any atom is 0.155 e. The van der Waals surface area contributed by atoms with Gasteiger partial charge >= 0.3 is 0 Å². The highest BCUT2D eigenvalue weighted by Crippen LogP contribution is 2.64. The van der Waals surface area contributed by atoms with E-state index < -0.39 is 0 Å². The van der Waals surface area contributed by atoms with Crippen molar-refractivity contribution in [1.82, 2.24) is 0 Å². The topological polar surface area (TPSA) is 17.1 Å². The summed E-state index contributed by atoms with van der Waals surface area (Å²) in [5.41, 5.74) is 2.34. The Morgan fingerprint density at radius 3 is 2.46 bits per heavy atom. The van der Waals surface area contributed by atoms with Gasteiger partial charge in [0.15, 0.2) is 5.78 Å². The van der Waals surface area contributed by atoms with Crippen molar-refractivity contribution < 1.29 is 4.79 Å². The standard InChI is InChI=1S/C25H42O.C2H6/c1-7-24(5)13-12-22-23(18(24)4)19(10-8-9-17(2)3)15-20-16-21(26)11-14-25(20,22)6;1-2/h16-19,22-23H,7-15H2,1-6H3;1-2H3/t18?,19?,22?,23-,24+,25+;/m1./s1. The molecule has 0 heterocycles. The minimum absolute atomic E-state index is 0.302. The fraction of sp³-hybridized carbons (Fsp3) is 0.889. The first-order valence-electron chi connectivity index (χ1n) is 12.4. The van der Waals surface area contributed by atoms with Gasteiger partial charge in [-0.2, -0.15) is 0 Å². The Labute approximate surface area is 176 Å². The molecule has 1 heteroatoms. The van der Waals surface area contributed by atoms with E-state index in [1.165, 1.54) is 50.5 Å². The zero-order valence-corrected chi connectivity index (χ0v) is 20.2. The molecule has 3 unspecified atom stereocenters. The molecule has 0 aliphatic heterocycles. The molecule has 0 bridgehead atoms. The molecular weight excluding hydrogens is 340 g/mol. The minimum Gasteiger partial charge on any atom is -0.295 e.